The molecule has 1 aromatic carbocycles. The monoisotopic (exact) mass is 350 g/mol. The van der Waals surface area contributed by atoms with Crippen molar-refractivity contribution in [2.45, 2.75) is 78.4 Å². The van der Waals surface area contributed by atoms with Gasteiger partial charge >= 0.3 is 0 Å². The number of hydrogen-bond acceptors (Lipinski definition) is 4. The van der Waals surface area contributed by atoms with E-state index in [0.29, 0.717) is 6.10 Å². The maximum absolute atomic E-state index is 6.07. The Morgan fingerprint density at radius 3 is 2.56 bits per heavy atom. The molecule has 0 aromatic heterocycles. The van der Waals surface area contributed by atoms with Crippen molar-refractivity contribution in [1.29, 1.82) is 0 Å². The molecule has 0 saturated heterocycles. The van der Waals surface area contributed by atoms with Crippen LogP contribution in [0.25, 0.3) is 0 Å². The summed E-state index contributed by atoms with van der Waals surface area (Å²) < 4.78 is 11.4. The van der Waals surface area contributed by atoms with Gasteiger partial charge < -0.3 is 9.47 Å². The zero-order valence-electron chi connectivity index (χ0n) is 16.6. The van der Waals surface area contributed by atoms with Gasteiger partial charge in [0.1, 0.15) is 5.75 Å². The van der Waals surface area contributed by atoms with Crippen molar-refractivity contribution >= 4 is 0 Å². The normalized spacial score (nSPS) is 15.5. The Morgan fingerprint density at radius 1 is 1.16 bits per heavy atom. The predicted molar refractivity (Wildman–Crippen MR) is 106 cm³/mol. The molecular formula is C21H38N2O2. The first-order chi connectivity index (χ1) is 12.2. The molecule has 0 heterocycles. The molecule has 0 amide bonds. The standard InChI is InChI=1S/C18H30N2O2.C3H8/c1-3-21-13-7-12-19-20-15(2)16-8-6-11-18(14-16)22-17-9-4-5-10-17;1-3-2/h6,8,11,14-15,17,19-20H,3-5,7,9-10,12-13H2,1-2H3;3H2,1-2H3. The van der Waals surface area contributed by atoms with E-state index in [1.807, 2.05) is 6.92 Å². The van der Waals surface area contributed by atoms with E-state index in [0.717, 1.165) is 31.9 Å². The Hall–Kier alpha value is -1.10. The highest BCUT2D eigenvalue weighted by Gasteiger charge is 2.16. The van der Waals surface area contributed by atoms with Gasteiger partial charge in [0.05, 0.1) is 6.10 Å². The second kappa shape index (κ2) is 14.1. The predicted octanol–water partition coefficient (Wildman–Crippen LogP) is 5.01. The molecule has 1 aliphatic rings. The Labute approximate surface area is 154 Å². The molecule has 0 aliphatic heterocycles. The van der Waals surface area contributed by atoms with E-state index in [1.165, 1.54) is 37.7 Å². The largest absolute Gasteiger partial charge is 0.490 e. The topological polar surface area (TPSA) is 42.5 Å². The summed E-state index contributed by atoms with van der Waals surface area (Å²) in [6.45, 7) is 10.9. The number of rotatable bonds is 10. The van der Waals surface area contributed by atoms with Gasteiger partial charge in [0.25, 0.3) is 0 Å². The average Bonchev–Trinajstić information content (AvgIpc) is 3.12. The minimum absolute atomic E-state index is 0.249. The molecule has 25 heavy (non-hydrogen) atoms. The highest BCUT2D eigenvalue weighted by atomic mass is 16.5. The lowest BCUT2D eigenvalue weighted by molar-refractivity contribution is 0.143. The maximum atomic E-state index is 6.07. The van der Waals surface area contributed by atoms with Crippen LogP contribution in [-0.2, 0) is 4.74 Å². The first-order valence-electron chi connectivity index (χ1n) is 10.0. The summed E-state index contributed by atoms with van der Waals surface area (Å²) in [6, 6.07) is 8.68. The Kier molecular flexibility index (Phi) is 12.4. The first-order valence-corrected chi connectivity index (χ1v) is 10.0. The van der Waals surface area contributed by atoms with Gasteiger partial charge in [0, 0.05) is 25.8 Å². The SMILES string of the molecule is CCC.CCOCCCNNC(C)c1cccc(OC2CCCC2)c1. The van der Waals surface area contributed by atoms with Crippen LogP contribution in [0.3, 0.4) is 0 Å². The summed E-state index contributed by atoms with van der Waals surface area (Å²) in [7, 11) is 0. The van der Waals surface area contributed by atoms with Crippen molar-refractivity contribution in [2.75, 3.05) is 19.8 Å². The first kappa shape index (κ1) is 21.9. The molecular weight excluding hydrogens is 312 g/mol. The molecule has 0 spiro atoms. The molecule has 1 unspecified atom stereocenters. The lowest BCUT2D eigenvalue weighted by Crippen LogP contribution is -2.35. The van der Waals surface area contributed by atoms with Crippen molar-refractivity contribution in [3.63, 3.8) is 0 Å². The van der Waals surface area contributed by atoms with Crippen LogP contribution in [0.1, 0.15) is 77.8 Å². The zero-order valence-corrected chi connectivity index (χ0v) is 16.6. The van der Waals surface area contributed by atoms with E-state index in [4.69, 9.17) is 9.47 Å². The lowest BCUT2D eigenvalue weighted by Gasteiger charge is -2.18. The fraction of sp³-hybridized carbons (Fsp3) is 0.714. The van der Waals surface area contributed by atoms with Crippen LogP contribution in [0.5, 0.6) is 5.75 Å². The Balaban J connectivity index is 0.000000970. The molecule has 0 bridgehead atoms. The number of nitrogens with one attached hydrogen (secondary N) is 2. The lowest BCUT2D eigenvalue weighted by atomic mass is 10.1. The summed E-state index contributed by atoms with van der Waals surface area (Å²) in [4.78, 5) is 0. The van der Waals surface area contributed by atoms with E-state index in [2.05, 4.69) is 55.9 Å². The molecule has 2 rings (SSSR count). The van der Waals surface area contributed by atoms with Crippen LogP contribution < -0.4 is 15.6 Å². The minimum Gasteiger partial charge on any atom is -0.490 e. The van der Waals surface area contributed by atoms with Gasteiger partial charge in [-0.2, -0.15) is 0 Å². The summed E-state index contributed by atoms with van der Waals surface area (Å²) in [5.74, 6) is 0.995. The van der Waals surface area contributed by atoms with Crippen molar-refractivity contribution in [2.24, 2.45) is 0 Å². The van der Waals surface area contributed by atoms with Crippen molar-refractivity contribution in [3.05, 3.63) is 29.8 Å². The van der Waals surface area contributed by atoms with E-state index < -0.39 is 0 Å². The van der Waals surface area contributed by atoms with Gasteiger partial charge in [0.15, 0.2) is 0 Å². The third-order valence-electron chi connectivity index (χ3n) is 4.08. The summed E-state index contributed by atoms with van der Waals surface area (Å²) >= 11 is 0. The third-order valence-corrected chi connectivity index (χ3v) is 4.08. The summed E-state index contributed by atoms with van der Waals surface area (Å²) in [5.41, 5.74) is 7.84. The van der Waals surface area contributed by atoms with Gasteiger partial charge in [-0.3, -0.25) is 10.9 Å². The van der Waals surface area contributed by atoms with Crippen molar-refractivity contribution in [3.8, 4) is 5.75 Å². The van der Waals surface area contributed by atoms with Gasteiger partial charge in [-0.15, -0.1) is 0 Å². The fourth-order valence-corrected chi connectivity index (χ4v) is 2.77. The Morgan fingerprint density at radius 2 is 1.88 bits per heavy atom. The zero-order chi connectivity index (χ0) is 18.3. The molecule has 1 fully saturated rings. The van der Waals surface area contributed by atoms with Crippen LogP contribution in [0, 0.1) is 0 Å². The van der Waals surface area contributed by atoms with E-state index in [1.54, 1.807) is 0 Å². The molecule has 144 valence electrons. The second-order valence-corrected chi connectivity index (χ2v) is 6.65. The van der Waals surface area contributed by atoms with E-state index >= 15 is 0 Å². The Bertz CT molecular complexity index is 434. The quantitative estimate of drug-likeness (QED) is 0.460. The van der Waals surface area contributed by atoms with E-state index in [9.17, 15) is 0 Å². The van der Waals surface area contributed by atoms with Crippen LogP contribution in [0.4, 0.5) is 0 Å². The smallest absolute Gasteiger partial charge is 0.120 e. The van der Waals surface area contributed by atoms with Crippen molar-refractivity contribution < 1.29 is 9.47 Å². The summed E-state index contributed by atoms with van der Waals surface area (Å²) in [6.07, 6.45) is 7.66. The van der Waals surface area contributed by atoms with E-state index in [-0.39, 0.29) is 6.04 Å². The number of benzene rings is 1. The fourth-order valence-electron chi connectivity index (χ4n) is 2.77. The number of hydrazine groups is 1. The van der Waals surface area contributed by atoms with Crippen LogP contribution in [-0.4, -0.2) is 25.9 Å². The average molecular weight is 351 g/mol. The molecule has 1 saturated carbocycles. The molecule has 1 aliphatic carbocycles. The molecule has 1 aromatic rings. The highest BCUT2D eigenvalue weighted by molar-refractivity contribution is 5.30. The maximum Gasteiger partial charge on any atom is 0.120 e. The van der Waals surface area contributed by atoms with Gasteiger partial charge in [-0.05, 0) is 63.6 Å². The number of ether oxygens (including phenoxy) is 2. The second-order valence-electron chi connectivity index (χ2n) is 6.65. The van der Waals surface area contributed by atoms with Crippen LogP contribution >= 0.6 is 0 Å². The van der Waals surface area contributed by atoms with Crippen LogP contribution in [0.15, 0.2) is 24.3 Å². The van der Waals surface area contributed by atoms with Gasteiger partial charge in [0.2, 0.25) is 0 Å². The molecule has 2 N–H and O–H groups in total. The summed E-state index contributed by atoms with van der Waals surface area (Å²) in [5, 5.41) is 0. The molecule has 4 nitrogen and oxygen atoms in total. The molecule has 4 heteroatoms. The molecule has 0 radical (unpaired) electrons. The molecule has 1 atom stereocenters. The third kappa shape index (κ3) is 9.83. The number of hydrogen-bond donors (Lipinski definition) is 2. The van der Waals surface area contributed by atoms with Crippen LogP contribution in [0.2, 0.25) is 0 Å². The minimum atomic E-state index is 0.249. The highest BCUT2D eigenvalue weighted by Crippen LogP contribution is 2.25. The van der Waals surface area contributed by atoms with Gasteiger partial charge in [-0.25, -0.2) is 0 Å². The van der Waals surface area contributed by atoms with Crippen molar-refractivity contribution in [1.82, 2.24) is 10.9 Å². The van der Waals surface area contributed by atoms with Gasteiger partial charge in [-0.1, -0.05) is 32.4 Å².